The molecular formula is C21H42O3. The number of carbonyl (C=O) groups excluding carboxylic acids is 1. The summed E-state index contributed by atoms with van der Waals surface area (Å²) in [7, 11) is 0. The molecule has 0 aliphatic rings. The zero-order chi connectivity index (χ0) is 18.1. The molecule has 0 radical (unpaired) electrons. The SMILES string of the molecule is CCCCCCCCCCCCC(=O)OOC(C)(C)CCCCC. The first-order valence-electron chi connectivity index (χ1n) is 10.4. The monoisotopic (exact) mass is 342 g/mol. The lowest BCUT2D eigenvalue weighted by Crippen LogP contribution is -2.26. The fraction of sp³-hybridized carbons (Fsp3) is 0.952. The highest BCUT2D eigenvalue weighted by atomic mass is 17.2. The van der Waals surface area contributed by atoms with Crippen LogP contribution >= 0.6 is 0 Å². The summed E-state index contributed by atoms with van der Waals surface area (Å²) in [5.41, 5.74) is -0.372. The summed E-state index contributed by atoms with van der Waals surface area (Å²) in [6.45, 7) is 8.40. The smallest absolute Gasteiger partial charge is 0.298 e. The molecule has 0 saturated carbocycles. The van der Waals surface area contributed by atoms with E-state index in [9.17, 15) is 4.79 Å². The lowest BCUT2D eigenvalue weighted by molar-refractivity contribution is -0.326. The van der Waals surface area contributed by atoms with Gasteiger partial charge in [-0.2, -0.15) is 4.89 Å². The minimum atomic E-state index is -0.372. The summed E-state index contributed by atoms with van der Waals surface area (Å²) >= 11 is 0. The molecule has 0 aliphatic carbocycles. The summed E-state index contributed by atoms with van der Waals surface area (Å²) in [4.78, 5) is 22.0. The molecule has 0 aromatic rings. The Labute approximate surface area is 150 Å². The van der Waals surface area contributed by atoms with Crippen LogP contribution in [-0.2, 0) is 14.6 Å². The third kappa shape index (κ3) is 16.3. The van der Waals surface area contributed by atoms with Crippen LogP contribution in [0.15, 0.2) is 0 Å². The highest BCUT2D eigenvalue weighted by Crippen LogP contribution is 2.19. The van der Waals surface area contributed by atoms with Crippen molar-refractivity contribution in [3.63, 3.8) is 0 Å². The van der Waals surface area contributed by atoms with E-state index in [0.717, 1.165) is 25.7 Å². The van der Waals surface area contributed by atoms with Gasteiger partial charge >= 0.3 is 5.97 Å². The van der Waals surface area contributed by atoms with E-state index in [1.54, 1.807) is 0 Å². The third-order valence-electron chi connectivity index (χ3n) is 4.48. The fourth-order valence-corrected chi connectivity index (χ4v) is 2.80. The molecule has 144 valence electrons. The maximum absolute atomic E-state index is 11.7. The molecule has 0 atom stereocenters. The van der Waals surface area contributed by atoms with E-state index in [0.29, 0.717) is 6.42 Å². The average Bonchev–Trinajstić information content (AvgIpc) is 2.55. The van der Waals surface area contributed by atoms with Crippen molar-refractivity contribution in [2.24, 2.45) is 0 Å². The molecule has 0 aliphatic heterocycles. The molecule has 0 unspecified atom stereocenters. The fourth-order valence-electron chi connectivity index (χ4n) is 2.80. The number of unbranched alkanes of at least 4 members (excludes halogenated alkanes) is 11. The minimum absolute atomic E-state index is 0.224. The normalized spacial score (nSPS) is 11.7. The molecular weight excluding hydrogens is 300 g/mol. The van der Waals surface area contributed by atoms with Gasteiger partial charge in [-0.05, 0) is 26.7 Å². The minimum Gasteiger partial charge on any atom is -0.298 e. The molecule has 0 aromatic heterocycles. The van der Waals surface area contributed by atoms with Crippen LogP contribution in [0.1, 0.15) is 124 Å². The van der Waals surface area contributed by atoms with Crippen molar-refractivity contribution in [3.05, 3.63) is 0 Å². The van der Waals surface area contributed by atoms with Gasteiger partial charge in [0.25, 0.3) is 0 Å². The van der Waals surface area contributed by atoms with Crippen LogP contribution in [0.25, 0.3) is 0 Å². The van der Waals surface area contributed by atoms with Gasteiger partial charge in [0.05, 0.1) is 0 Å². The Morgan fingerprint density at radius 3 is 1.71 bits per heavy atom. The topological polar surface area (TPSA) is 35.5 Å². The average molecular weight is 343 g/mol. The standard InChI is InChI=1S/C21H42O3/c1-5-7-9-10-11-12-13-14-15-16-18-20(22)23-24-21(3,4)19-17-8-6-2/h5-19H2,1-4H3. The molecule has 0 heterocycles. The van der Waals surface area contributed by atoms with Crippen LogP contribution in [0.3, 0.4) is 0 Å². The molecule has 0 spiro atoms. The van der Waals surface area contributed by atoms with E-state index in [1.165, 1.54) is 64.2 Å². The van der Waals surface area contributed by atoms with E-state index in [-0.39, 0.29) is 11.6 Å². The summed E-state index contributed by atoms with van der Waals surface area (Å²) in [5.74, 6) is -0.224. The third-order valence-corrected chi connectivity index (χ3v) is 4.48. The second-order valence-corrected chi connectivity index (χ2v) is 7.69. The van der Waals surface area contributed by atoms with Crippen LogP contribution in [0.2, 0.25) is 0 Å². The predicted molar refractivity (Wildman–Crippen MR) is 102 cm³/mol. The Morgan fingerprint density at radius 2 is 1.17 bits per heavy atom. The maximum Gasteiger partial charge on any atom is 0.342 e. The summed E-state index contributed by atoms with van der Waals surface area (Å²) in [6.07, 6.45) is 17.6. The van der Waals surface area contributed by atoms with Gasteiger partial charge in [-0.1, -0.05) is 90.9 Å². The Kier molecular flexibility index (Phi) is 15.6. The number of carbonyl (C=O) groups is 1. The Balaban J connectivity index is 3.43. The van der Waals surface area contributed by atoms with Crippen LogP contribution in [0, 0.1) is 0 Å². The van der Waals surface area contributed by atoms with Crippen molar-refractivity contribution in [1.29, 1.82) is 0 Å². The van der Waals surface area contributed by atoms with Gasteiger partial charge in [0, 0.05) is 6.42 Å². The predicted octanol–water partition coefficient (Wildman–Crippen LogP) is 7.13. The molecule has 0 fully saturated rings. The van der Waals surface area contributed by atoms with Gasteiger partial charge in [0.15, 0.2) is 0 Å². The second-order valence-electron chi connectivity index (χ2n) is 7.69. The number of rotatable bonds is 17. The molecule has 3 nitrogen and oxygen atoms in total. The van der Waals surface area contributed by atoms with Gasteiger partial charge < -0.3 is 0 Å². The second kappa shape index (κ2) is 15.9. The van der Waals surface area contributed by atoms with E-state index in [4.69, 9.17) is 9.78 Å². The van der Waals surface area contributed by atoms with Crippen molar-refractivity contribution < 1.29 is 14.6 Å². The van der Waals surface area contributed by atoms with Crippen LogP contribution in [0.5, 0.6) is 0 Å². The number of hydrogen-bond donors (Lipinski definition) is 0. The summed E-state index contributed by atoms with van der Waals surface area (Å²) in [6, 6.07) is 0. The van der Waals surface area contributed by atoms with E-state index in [1.807, 2.05) is 13.8 Å². The van der Waals surface area contributed by atoms with Crippen molar-refractivity contribution >= 4 is 5.97 Å². The van der Waals surface area contributed by atoms with E-state index in [2.05, 4.69) is 13.8 Å². The molecule has 0 amide bonds. The largest absolute Gasteiger partial charge is 0.342 e. The first-order valence-corrected chi connectivity index (χ1v) is 10.4. The Bertz CT molecular complexity index is 287. The summed E-state index contributed by atoms with van der Waals surface area (Å²) in [5, 5.41) is 0. The number of hydrogen-bond acceptors (Lipinski definition) is 3. The quantitative estimate of drug-likeness (QED) is 0.160. The first-order chi connectivity index (χ1) is 11.5. The van der Waals surface area contributed by atoms with Gasteiger partial charge in [0.1, 0.15) is 5.60 Å². The molecule has 0 aromatic carbocycles. The maximum atomic E-state index is 11.7. The van der Waals surface area contributed by atoms with Gasteiger partial charge in [0.2, 0.25) is 0 Å². The van der Waals surface area contributed by atoms with Crippen molar-refractivity contribution in [3.8, 4) is 0 Å². The molecule has 3 heteroatoms. The van der Waals surface area contributed by atoms with Crippen LogP contribution in [-0.4, -0.2) is 11.6 Å². The van der Waals surface area contributed by atoms with Gasteiger partial charge in [-0.25, -0.2) is 4.79 Å². The summed E-state index contributed by atoms with van der Waals surface area (Å²) < 4.78 is 0. The lowest BCUT2D eigenvalue weighted by atomic mass is 10.0. The highest BCUT2D eigenvalue weighted by molar-refractivity contribution is 5.68. The van der Waals surface area contributed by atoms with Crippen molar-refractivity contribution in [2.45, 2.75) is 130 Å². The van der Waals surface area contributed by atoms with Crippen molar-refractivity contribution in [2.75, 3.05) is 0 Å². The van der Waals surface area contributed by atoms with Gasteiger partial charge in [-0.15, -0.1) is 0 Å². The highest BCUT2D eigenvalue weighted by Gasteiger charge is 2.21. The molecule has 24 heavy (non-hydrogen) atoms. The Hall–Kier alpha value is -0.570. The molecule has 0 rings (SSSR count). The zero-order valence-corrected chi connectivity index (χ0v) is 16.8. The van der Waals surface area contributed by atoms with E-state index >= 15 is 0 Å². The van der Waals surface area contributed by atoms with Crippen LogP contribution < -0.4 is 0 Å². The van der Waals surface area contributed by atoms with Crippen LogP contribution in [0.4, 0.5) is 0 Å². The molecule has 0 saturated heterocycles. The zero-order valence-electron chi connectivity index (χ0n) is 16.8. The lowest BCUT2D eigenvalue weighted by Gasteiger charge is -2.22. The Morgan fingerprint density at radius 1 is 0.708 bits per heavy atom. The van der Waals surface area contributed by atoms with E-state index < -0.39 is 0 Å². The molecule has 0 N–H and O–H groups in total. The van der Waals surface area contributed by atoms with Gasteiger partial charge in [-0.3, -0.25) is 4.89 Å². The first kappa shape index (κ1) is 23.4. The molecule has 0 bridgehead atoms. The van der Waals surface area contributed by atoms with Crippen molar-refractivity contribution in [1.82, 2.24) is 0 Å².